The van der Waals surface area contributed by atoms with Crippen LogP contribution in [0.15, 0.2) is 46.0 Å². The third-order valence-electron chi connectivity index (χ3n) is 5.50. The van der Waals surface area contributed by atoms with E-state index in [-0.39, 0.29) is 16.0 Å². The number of unbranched alkanes of at least 4 members (excludes halogenated alkanes) is 3. The minimum Gasteiger partial charge on any atom is -0.354 e. The summed E-state index contributed by atoms with van der Waals surface area (Å²) in [5.41, 5.74) is 0.0729. The molecule has 2 aliphatic rings. The van der Waals surface area contributed by atoms with E-state index in [1.54, 1.807) is 0 Å². The molecule has 1 amide bonds. The fourth-order valence-corrected chi connectivity index (χ4v) is 4.56. The zero-order valence-corrected chi connectivity index (χ0v) is 20.3. The monoisotopic (exact) mass is 469 g/mol. The molecule has 3 atom stereocenters. The van der Waals surface area contributed by atoms with Crippen LogP contribution in [0.2, 0.25) is 0 Å². The summed E-state index contributed by atoms with van der Waals surface area (Å²) in [6.45, 7) is 6.41. The molecule has 0 saturated carbocycles. The molecule has 1 aliphatic heterocycles. The van der Waals surface area contributed by atoms with Gasteiger partial charge in [-0.15, -0.1) is 0 Å². The van der Waals surface area contributed by atoms with Gasteiger partial charge in [-0.25, -0.2) is 0 Å². The first-order chi connectivity index (χ1) is 14.7. The topological polar surface area (TPSA) is 64.6 Å². The molecular formula is C24H33Cl2NO4. The van der Waals surface area contributed by atoms with Crippen LogP contribution in [0, 0.1) is 5.92 Å². The fraction of sp³-hybridized carbons (Fsp3) is 0.583. The van der Waals surface area contributed by atoms with E-state index >= 15 is 0 Å². The normalized spacial score (nSPS) is 24.5. The van der Waals surface area contributed by atoms with Gasteiger partial charge in [0.1, 0.15) is 5.60 Å². The van der Waals surface area contributed by atoms with E-state index in [1.807, 2.05) is 13.0 Å². The maximum atomic E-state index is 12.5. The van der Waals surface area contributed by atoms with E-state index in [2.05, 4.69) is 25.2 Å². The number of ketones is 1. The number of amides is 1. The van der Waals surface area contributed by atoms with Crippen molar-refractivity contribution in [1.82, 2.24) is 5.32 Å². The lowest BCUT2D eigenvalue weighted by Crippen LogP contribution is -2.40. The third-order valence-corrected chi connectivity index (χ3v) is 6.06. The molecule has 0 bridgehead atoms. The van der Waals surface area contributed by atoms with Gasteiger partial charge in [0.25, 0.3) is 0 Å². The zero-order valence-electron chi connectivity index (χ0n) is 18.8. The highest BCUT2D eigenvalue weighted by Crippen LogP contribution is 2.39. The predicted octanol–water partition coefficient (Wildman–Crippen LogP) is 5.54. The maximum Gasteiger partial charge on any atom is 0.244 e. The number of carbonyl (C=O) groups excluding carboxylic acids is 2. The Bertz CT molecular complexity index is 762. The van der Waals surface area contributed by atoms with Gasteiger partial charge in [0.05, 0.1) is 16.1 Å². The summed E-state index contributed by atoms with van der Waals surface area (Å²) >= 11 is 12.0. The van der Waals surface area contributed by atoms with Crippen LogP contribution in [0.4, 0.5) is 0 Å². The number of carbonyl (C=O) groups is 2. The van der Waals surface area contributed by atoms with Gasteiger partial charge in [0, 0.05) is 19.6 Å². The van der Waals surface area contributed by atoms with Crippen molar-refractivity contribution in [3.8, 4) is 0 Å². The minimum absolute atomic E-state index is 0.00111. The molecule has 1 heterocycles. The highest BCUT2D eigenvalue weighted by molar-refractivity contribution is 6.55. The molecule has 0 unspecified atom stereocenters. The second-order valence-corrected chi connectivity index (χ2v) is 9.19. The van der Waals surface area contributed by atoms with Crippen molar-refractivity contribution in [2.45, 2.75) is 77.2 Å². The number of ether oxygens (including phenoxy) is 2. The Morgan fingerprint density at radius 2 is 1.97 bits per heavy atom. The van der Waals surface area contributed by atoms with Gasteiger partial charge in [0.15, 0.2) is 6.29 Å². The van der Waals surface area contributed by atoms with Crippen LogP contribution in [0.3, 0.4) is 0 Å². The first-order valence-electron chi connectivity index (χ1n) is 10.9. The van der Waals surface area contributed by atoms with Crippen molar-refractivity contribution in [3.05, 3.63) is 46.0 Å². The van der Waals surface area contributed by atoms with Crippen LogP contribution in [0.25, 0.3) is 0 Å². The molecule has 1 spiro atoms. The fourth-order valence-electron chi connectivity index (χ4n) is 3.94. The number of hydrogen-bond acceptors (Lipinski definition) is 4. The lowest BCUT2D eigenvalue weighted by Gasteiger charge is -2.25. The molecular weight excluding hydrogens is 437 g/mol. The van der Waals surface area contributed by atoms with Crippen molar-refractivity contribution < 1.29 is 19.1 Å². The number of allylic oxidation sites excluding steroid dienone is 5. The first-order valence-corrected chi connectivity index (χ1v) is 11.6. The van der Waals surface area contributed by atoms with Crippen LogP contribution >= 0.6 is 23.2 Å². The minimum atomic E-state index is -0.979. The number of rotatable bonds is 10. The van der Waals surface area contributed by atoms with Crippen LogP contribution in [0.5, 0.6) is 0 Å². The van der Waals surface area contributed by atoms with Crippen molar-refractivity contribution in [3.63, 3.8) is 0 Å². The Morgan fingerprint density at radius 1 is 1.29 bits per heavy atom. The number of halogens is 2. The molecule has 1 aliphatic carbocycles. The third kappa shape index (κ3) is 7.60. The zero-order chi connectivity index (χ0) is 23.0. The van der Waals surface area contributed by atoms with Crippen LogP contribution in [-0.4, -0.2) is 36.7 Å². The Hall–Kier alpha value is -1.40. The lowest BCUT2D eigenvalue weighted by molar-refractivity contribution is -0.138. The molecule has 0 aromatic carbocycles. The van der Waals surface area contributed by atoms with Crippen molar-refractivity contribution in [1.29, 1.82) is 0 Å². The Kier molecular flexibility index (Phi) is 10.0. The van der Waals surface area contributed by atoms with E-state index in [0.29, 0.717) is 12.3 Å². The second-order valence-electron chi connectivity index (χ2n) is 8.38. The molecule has 0 radical (unpaired) electrons. The molecule has 5 nitrogen and oxygen atoms in total. The molecule has 1 fully saturated rings. The molecule has 31 heavy (non-hydrogen) atoms. The summed E-state index contributed by atoms with van der Waals surface area (Å²) in [5, 5.41) is 2.91. The number of hydrogen-bond donors (Lipinski definition) is 1. The van der Waals surface area contributed by atoms with Crippen molar-refractivity contribution in [2.24, 2.45) is 5.92 Å². The van der Waals surface area contributed by atoms with E-state index in [9.17, 15) is 9.59 Å². The molecule has 1 N–H and O–H groups in total. The lowest BCUT2D eigenvalue weighted by atomic mass is 9.92. The molecule has 172 valence electrons. The van der Waals surface area contributed by atoms with E-state index < -0.39 is 23.7 Å². The SMILES string of the molecule is CCCCCC[C@@H](C)/C=C(C)/C=C/C(=O)N[C@H]1CC2(C=C(Cl)C(=O)C(Cl)=C2)O[C@H]1OC. The van der Waals surface area contributed by atoms with Gasteiger partial charge < -0.3 is 14.8 Å². The summed E-state index contributed by atoms with van der Waals surface area (Å²) in [5.74, 6) is -0.204. The number of nitrogens with one attached hydrogen (secondary N) is 1. The standard InChI is InChI=1S/C24H33Cl2NO4/c1-5-6-7-8-9-16(2)12-17(3)10-11-21(28)27-20-15-24(31-23(20)30-4)13-18(25)22(29)19(26)14-24/h10-14,16,20,23H,5-9,15H2,1-4H3,(H,27,28)/b11-10+,17-12+/t16-,20+,23-/m1/s1. The maximum absolute atomic E-state index is 12.5. The Labute approximate surface area is 195 Å². The van der Waals surface area contributed by atoms with Crippen molar-refractivity contribution >= 4 is 34.9 Å². The summed E-state index contributed by atoms with van der Waals surface area (Å²) in [6, 6.07) is -0.418. The van der Waals surface area contributed by atoms with Gasteiger partial charge in [-0.2, -0.15) is 0 Å². The van der Waals surface area contributed by atoms with Gasteiger partial charge in [0.2, 0.25) is 11.7 Å². The number of methoxy groups -OCH3 is 1. The molecule has 0 aromatic rings. The molecule has 7 heteroatoms. The predicted molar refractivity (Wildman–Crippen MR) is 125 cm³/mol. The summed E-state index contributed by atoms with van der Waals surface area (Å²) in [4.78, 5) is 24.3. The van der Waals surface area contributed by atoms with Crippen LogP contribution < -0.4 is 5.32 Å². The largest absolute Gasteiger partial charge is 0.354 e. The van der Waals surface area contributed by atoms with Crippen molar-refractivity contribution in [2.75, 3.05) is 7.11 Å². The molecule has 2 rings (SSSR count). The van der Waals surface area contributed by atoms with Gasteiger partial charge in [-0.1, -0.05) is 80.5 Å². The van der Waals surface area contributed by atoms with E-state index in [0.717, 1.165) is 12.0 Å². The smallest absolute Gasteiger partial charge is 0.244 e. The van der Waals surface area contributed by atoms with Crippen LogP contribution in [-0.2, 0) is 19.1 Å². The summed E-state index contributed by atoms with van der Waals surface area (Å²) in [7, 11) is 1.50. The van der Waals surface area contributed by atoms with Gasteiger partial charge >= 0.3 is 0 Å². The average molecular weight is 470 g/mol. The van der Waals surface area contributed by atoms with Gasteiger partial charge in [-0.05, 0) is 31.4 Å². The first kappa shape index (κ1) is 25.9. The highest BCUT2D eigenvalue weighted by atomic mass is 35.5. The summed E-state index contributed by atoms with van der Waals surface area (Å²) in [6.07, 6.45) is 14.4. The Morgan fingerprint density at radius 3 is 2.58 bits per heavy atom. The molecule has 1 saturated heterocycles. The molecule has 0 aromatic heterocycles. The van der Waals surface area contributed by atoms with Crippen LogP contribution in [0.1, 0.15) is 59.3 Å². The summed E-state index contributed by atoms with van der Waals surface area (Å²) < 4.78 is 11.3. The van der Waals surface area contributed by atoms with Gasteiger partial charge in [-0.3, -0.25) is 9.59 Å². The Balaban J connectivity index is 1.94. The number of Topliss-reactive ketones (excluding diaryl/α,β-unsaturated/α-hetero) is 1. The van der Waals surface area contributed by atoms with E-state index in [1.165, 1.54) is 51.0 Å². The second kappa shape index (κ2) is 12.0. The quantitative estimate of drug-likeness (QED) is 0.259. The highest BCUT2D eigenvalue weighted by Gasteiger charge is 2.47. The average Bonchev–Trinajstić information content (AvgIpc) is 3.04. The van der Waals surface area contributed by atoms with E-state index in [4.69, 9.17) is 32.7 Å².